The second-order valence-electron chi connectivity index (χ2n) is 5.42. The van der Waals surface area contributed by atoms with Crippen LogP contribution in [0.25, 0.3) is 0 Å². The highest BCUT2D eigenvalue weighted by atomic mass is 16.4. The number of nitrogens with one attached hydrogen (secondary N) is 1. The molecule has 1 heterocycles. The van der Waals surface area contributed by atoms with E-state index >= 15 is 0 Å². The van der Waals surface area contributed by atoms with Gasteiger partial charge in [0.1, 0.15) is 6.04 Å². The molecule has 2 amide bonds. The maximum Gasteiger partial charge on any atom is 0.326 e. The lowest BCUT2D eigenvalue weighted by Gasteiger charge is -2.25. The maximum atomic E-state index is 12.1. The molecule has 1 aliphatic heterocycles. The molecule has 1 aliphatic carbocycles. The van der Waals surface area contributed by atoms with Crippen LogP contribution in [0.4, 0.5) is 4.79 Å². The number of hydrogen-bond acceptors (Lipinski definition) is 2. The Morgan fingerprint density at radius 1 is 1.39 bits per heavy atom. The zero-order valence-electron chi connectivity index (χ0n) is 10.9. The van der Waals surface area contributed by atoms with Gasteiger partial charge in [0.2, 0.25) is 0 Å². The molecule has 1 saturated carbocycles. The molecule has 18 heavy (non-hydrogen) atoms. The summed E-state index contributed by atoms with van der Waals surface area (Å²) in [6.07, 6.45) is 5.84. The fourth-order valence-corrected chi connectivity index (χ4v) is 2.61. The lowest BCUT2D eigenvalue weighted by molar-refractivity contribution is -0.141. The van der Waals surface area contributed by atoms with E-state index in [0.717, 1.165) is 25.2 Å². The van der Waals surface area contributed by atoms with Crippen LogP contribution in [0.5, 0.6) is 0 Å². The van der Waals surface area contributed by atoms with Crippen LogP contribution < -0.4 is 5.32 Å². The number of urea groups is 1. The van der Waals surface area contributed by atoms with Gasteiger partial charge in [0.25, 0.3) is 0 Å². The van der Waals surface area contributed by atoms with E-state index in [-0.39, 0.29) is 12.1 Å². The first kappa shape index (κ1) is 13.2. The van der Waals surface area contributed by atoms with E-state index in [1.54, 1.807) is 0 Å². The van der Waals surface area contributed by atoms with Crippen molar-refractivity contribution in [2.75, 3.05) is 6.54 Å². The van der Waals surface area contributed by atoms with Gasteiger partial charge < -0.3 is 15.3 Å². The van der Waals surface area contributed by atoms with Gasteiger partial charge in [0, 0.05) is 12.6 Å². The minimum atomic E-state index is -0.891. The van der Waals surface area contributed by atoms with Crippen molar-refractivity contribution in [2.24, 2.45) is 5.92 Å². The lowest BCUT2D eigenvalue weighted by Crippen LogP contribution is -2.49. The number of carbonyl (C=O) groups excluding carboxylic acids is 1. The molecule has 5 heteroatoms. The third-order valence-corrected chi connectivity index (χ3v) is 3.93. The van der Waals surface area contributed by atoms with E-state index in [1.807, 2.05) is 0 Å². The second-order valence-corrected chi connectivity index (χ2v) is 5.42. The third kappa shape index (κ3) is 3.15. The molecule has 2 atom stereocenters. The van der Waals surface area contributed by atoms with Gasteiger partial charge in [0.15, 0.2) is 0 Å². The van der Waals surface area contributed by atoms with E-state index in [4.69, 9.17) is 5.11 Å². The topological polar surface area (TPSA) is 69.6 Å². The predicted molar refractivity (Wildman–Crippen MR) is 67.3 cm³/mol. The average Bonchev–Trinajstić information content (AvgIpc) is 3.00. The molecule has 2 rings (SSSR count). The molecule has 0 aromatic carbocycles. The summed E-state index contributed by atoms with van der Waals surface area (Å²) in [5.74, 6) is -0.123. The molecule has 2 unspecified atom stereocenters. The van der Waals surface area contributed by atoms with Crippen LogP contribution in [0.1, 0.15) is 45.4 Å². The molecule has 0 aromatic rings. The Kier molecular flexibility index (Phi) is 4.09. The van der Waals surface area contributed by atoms with Gasteiger partial charge in [-0.1, -0.05) is 19.8 Å². The first-order valence-corrected chi connectivity index (χ1v) is 6.91. The standard InChI is InChI=1S/C13H22N2O3/c1-2-10(8-9-5-6-9)14-13(18)15-7-3-4-11(15)12(16)17/h9-11H,2-8H2,1H3,(H,14,18)(H,16,17). The number of likely N-dealkylation sites (tertiary alicyclic amines) is 1. The Hall–Kier alpha value is -1.26. The van der Waals surface area contributed by atoms with E-state index < -0.39 is 12.0 Å². The number of aliphatic carboxylic acids is 1. The smallest absolute Gasteiger partial charge is 0.326 e. The number of carbonyl (C=O) groups is 2. The minimum Gasteiger partial charge on any atom is -0.480 e. The van der Waals surface area contributed by atoms with Gasteiger partial charge in [0.05, 0.1) is 0 Å². The van der Waals surface area contributed by atoms with E-state index in [9.17, 15) is 9.59 Å². The van der Waals surface area contributed by atoms with E-state index in [1.165, 1.54) is 17.7 Å². The van der Waals surface area contributed by atoms with Gasteiger partial charge >= 0.3 is 12.0 Å². The Bertz CT molecular complexity index is 328. The van der Waals surface area contributed by atoms with Gasteiger partial charge in [-0.3, -0.25) is 0 Å². The highest BCUT2D eigenvalue weighted by Crippen LogP contribution is 2.34. The first-order chi connectivity index (χ1) is 8.61. The number of hydrogen-bond donors (Lipinski definition) is 2. The van der Waals surface area contributed by atoms with Crippen molar-refractivity contribution in [3.63, 3.8) is 0 Å². The van der Waals surface area contributed by atoms with Crippen molar-refractivity contribution in [1.29, 1.82) is 0 Å². The molecule has 2 N–H and O–H groups in total. The SMILES string of the molecule is CCC(CC1CC1)NC(=O)N1CCCC1C(=O)O. The predicted octanol–water partition coefficient (Wildman–Crippen LogP) is 1.82. The van der Waals surface area contributed by atoms with Crippen LogP contribution in [0.2, 0.25) is 0 Å². The quantitative estimate of drug-likeness (QED) is 0.786. The van der Waals surface area contributed by atoms with Crippen molar-refractivity contribution in [1.82, 2.24) is 10.2 Å². The summed E-state index contributed by atoms with van der Waals surface area (Å²) in [6, 6.07) is -0.643. The fourth-order valence-electron chi connectivity index (χ4n) is 2.61. The van der Waals surface area contributed by atoms with Crippen LogP contribution in [0, 0.1) is 5.92 Å². The van der Waals surface area contributed by atoms with Crippen LogP contribution in [-0.4, -0.2) is 40.6 Å². The summed E-state index contributed by atoms with van der Waals surface area (Å²) in [5, 5.41) is 12.0. The number of rotatable bonds is 5. The highest BCUT2D eigenvalue weighted by Gasteiger charge is 2.35. The molecule has 2 aliphatic rings. The monoisotopic (exact) mass is 254 g/mol. The molecule has 0 radical (unpaired) electrons. The number of carboxylic acids is 1. The van der Waals surface area contributed by atoms with Crippen molar-refractivity contribution in [2.45, 2.75) is 57.5 Å². The molecule has 5 nitrogen and oxygen atoms in total. The van der Waals surface area contributed by atoms with Gasteiger partial charge in [-0.15, -0.1) is 0 Å². The molecule has 0 bridgehead atoms. The van der Waals surface area contributed by atoms with Gasteiger partial charge in [-0.2, -0.15) is 0 Å². The molecule has 2 fully saturated rings. The maximum absolute atomic E-state index is 12.1. The molecule has 102 valence electrons. The molecule has 1 saturated heterocycles. The lowest BCUT2D eigenvalue weighted by atomic mass is 10.1. The van der Waals surface area contributed by atoms with Gasteiger partial charge in [-0.05, 0) is 31.6 Å². The van der Waals surface area contributed by atoms with Crippen LogP contribution >= 0.6 is 0 Å². The first-order valence-electron chi connectivity index (χ1n) is 6.91. The Labute approximate surface area is 108 Å². The van der Waals surface area contributed by atoms with Crippen LogP contribution in [-0.2, 0) is 4.79 Å². The minimum absolute atomic E-state index is 0.194. The molecular formula is C13H22N2O3. The van der Waals surface area contributed by atoms with Gasteiger partial charge in [-0.25, -0.2) is 9.59 Å². The summed E-state index contributed by atoms with van der Waals surface area (Å²) in [4.78, 5) is 24.6. The average molecular weight is 254 g/mol. The molecular weight excluding hydrogens is 232 g/mol. The Morgan fingerprint density at radius 2 is 2.11 bits per heavy atom. The normalized spacial score (nSPS) is 24.9. The van der Waals surface area contributed by atoms with Crippen LogP contribution in [0.3, 0.4) is 0 Å². The van der Waals surface area contributed by atoms with Crippen LogP contribution in [0.15, 0.2) is 0 Å². The number of amides is 2. The van der Waals surface area contributed by atoms with E-state index in [2.05, 4.69) is 12.2 Å². The molecule has 0 spiro atoms. The zero-order chi connectivity index (χ0) is 13.1. The van der Waals surface area contributed by atoms with Crippen molar-refractivity contribution >= 4 is 12.0 Å². The zero-order valence-corrected chi connectivity index (χ0v) is 10.9. The summed E-state index contributed by atoms with van der Waals surface area (Å²) in [6.45, 7) is 2.62. The number of carboxylic acid groups (broad SMARTS) is 1. The Balaban J connectivity index is 1.87. The fraction of sp³-hybridized carbons (Fsp3) is 0.846. The summed E-state index contributed by atoms with van der Waals surface area (Å²) >= 11 is 0. The second kappa shape index (κ2) is 5.59. The largest absolute Gasteiger partial charge is 0.480 e. The molecule has 0 aromatic heterocycles. The van der Waals surface area contributed by atoms with Crippen molar-refractivity contribution < 1.29 is 14.7 Å². The summed E-state index contributed by atoms with van der Waals surface area (Å²) in [7, 11) is 0. The van der Waals surface area contributed by atoms with Crippen molar-refractivity contribution in [3.05, 3.63) is 0 Å². The Morgan fingerprint density at radius 3 is 2.67 bits per heavy atom. The number of nitrogens with zero attached hydrogens (tertiary/aromatic N) is 1. The van der Waals surface area contributed by atoms with E-state index in [0.29, 0.717) is 13.0 Å². The third-order valence-electron chi connectivity index (χ3n) is 3.93. The highest BCUT2D eigenvalue weighted by molar-refractivity contribution is 5.83. The van der Waals surface area contributed by atoms with Crippen molar-refractivity contribution in [3.8, 4) is 0 Å². The summed E-state index contributed by atoms with van der Waals surface area (Å²) in [5.41, 5.74) is 0. The summed E-state index contributed by atoms with van der Waals surface area (Å²) < 4.78 is 0.